The molecule has 1 saturated carbocycles. The summed E-state index contributed by atoms with van der Waals surface area (Å²) in [5.74, 6) is 2.52. The minimum absolute atomic E-state index is 0. The quantitative estimate of drug-likeness (QED) is 0.265. The second-order valence-electron chi connectivity index (χ2n) is 6.09. The van der Waals surface area contributed by atoms with E-state index >= 15 is 0 Å². The molecule has 0 bridgehead atoms. The summed E-state index contributed by atoms with van der Waals surface area (Å²) >= 11 is 0. The van der Waals surface area contributed by atoms with Crippen molar-refractivity contribution in [2.24, 2.45) is 10.9 Å². The van der Waals surface area contributed by atoms with Crippen molar-refractivity contribution in [3.63, 3.8) is 0 Å². The lowest BCUT2D eigenvalue weighted by Crippen LogP contribution is -2.42. The van der Waals surface area contributed by atoms with E-state index in [9.17, 15) is 0 Å². The summed E-state index contributed by atoms with van der Waals surface area (Å²) in [7, 11) is 1.77. The van der Waals surface area contributed by atoms with Gasteiger partial charge in [-0.3, -0.25) is 4.99 Å². The van der Waals surface area contributed by atoms with Gasteiger partial charge >= 0.3 is 0 Å². The Hall–Kier alpha value is -1.02. The number of ether oxygens (including phenoxy) is 2. The molecule has 1 aliphatic rings. The molecule has 0 spiro atoms. The molecular formula is C18H30IN3O2. The van der Waals surface area contributed by atoms with Gasteiger partial charge in [0.1, 0.15) is 11.9 Å². The molecule has 0 aliphatic heterocycles. The van der Waals surface area contributed by atoms with Crippen LogP contribution in [0.1, 0.15) is 25.3 Å². The lowest BCUT2D eigenvalue weighted by Gasteiger charge is -2.18. The third-order valence-electron chi connectivity index (χ3n) is 3.79. The zero-order valence-electron chi connectivity index (χ0n) is 14.9. The molecule has 1 aliphatic carbocycles. The molecule has 1 aromatic carbocycles. The van der Waals surface area contributed by atoms with Gasteiger partial charge in [0, 0.05) is 20.2 Å². The molecule has 1 aromatic rings. The van der Waals surface area contributed by atoms with Crippen molar-refractivity contribution in [1.82, 2.24) is 10.6 Å². The molecule has 1 unspecified atom stereocenters. The maximum absolute atomic E-state index is 5.95. The van der Waals surface area contributed by atoms with Crippen molar-refractivity contribution in [3.05, 3.63) is 29.8 Å². The SMILES string of the molecule is CN=C(NCCOCC1CC1)NCC(C)Oc1ccccc1C.I. The smallest absolute Gasteiger partial charge is 0.191 e. The second-order valence-corrected chi connectivity index (χ2v) is 6.09. The molecule has 6 heteroatoms. The fourth-order valence-electron chi connectivity index (χ4n) is 2.18. The standard InChI is InChI=1S/C18H29N3O2.HI/c1-14-6-4-5-7-17(14)23-15(2)12-21-18(19-3)20-10-11-22-13-16-8-9-16;/h4-7,15-16H,8-13H2,1-3H3,(H2,19,20,21);1H. The highest BCUT2D eigenvalue weighted by Crippen LogP contribution is 2.28. The van der Waals surface area contributed by atoms with E-state index in [4.69, 9.17) is 9.47 Å². The molecule has 0 radical (unpaired) electrons. The molecular weight excluding hydrogens is 417 g/mol. The van der Waals surface area contributed by atoms with Crippen LogP contribution < -0.4 is 15.4 Å². The number of aliphatic imine (C=N–C) groups is 1. The first-order valence-corrected chi connectivity index (χ1v) is 8.43. The number of rotatable bonds is 9. The number of guanidine groups is 1. The Labute approximate surface area is 162 Å². The highest BCUT2D eigenvalue weighted by atomic mass is 127. The maximum atomic E-state index is 5.95. The number of hydrogen-bond donors (Lipinski definition) is 2. The summed E-state index contributed by atoms with van der Waals surface area (Å²) in [6.07, 6.45) is 2.71. The van der Waals surface area contributed by atoms with Gasteiger partial charge in [0.15, 0.2) is 5.96 Å². The summed E-state index contributed by atoms with van der Waals surface area (Å²) in [4.78, 5) is 4.21. The monoisotopic (exact) mass is 447 g/mol. The number of hydrogen-bond acceptors (Lipinski definition) is 3. The molecule has 1 atom stereocenters. The third-order valence-corrected chi connectivity index (χ3v) is 3.79. The number of para-hydroxylation sites is 1. The zero-order chi connectivity index (χ0) is 16.5. The number of halogens is 1. The van der Waals surface area contributed by atoms with Crippen LogP contribution in [0.3, 0.4) is 0 Å². The van der Waals surface area contributed by atoms with Gasteiger partial charge < -0.3 is 20.1 Å². The minimum Gasteiger partial charge on any atom is -0.489 e. The van der Waals surface area contributed by atoms with Gasteiger partial charge in [-0.15, -0.1) is 24.0 Å². The Morgan fingerprint density at radius 3 is 2.71 bits per heavy atom. The van der Waals surface area contributed by atoms with E-state index in [1.165, 1.54) is 12.8 Å². The van der Waals surface area contributed by atoms with Gasteiger partial charge in [-0.25, -0.2) is 0 Å². The lowest BCUT2D eigenvalue weighted by molar-refractivity contribution is 0.129. The number of aryl methyl sites for hydroxylation is 1. The molecule has 24 heavy (non-hydrogen) atoms. The van der Waals surface area contributed by atoms with Crippen LogP contribution in [0.2, 0.25) is 0 Å². The van der Waals surface area contributed by atoms with E-state index in [1.54, 1.807) is 7.05 Å². The van der Waals surface area contributed by atoms with E-state index in [0.29, 0.717) is 13.2 Å². The van der Waals surface area contributed by atoms with Crippen molar-refractivity contribution in [3.8, 4) is 5.75 Å². The second kappa shape index (κ2) is 11.5. The fourth-order valence-corrected chi connectivity index (χ4v) is 2.18. The Bertz CT molecular complexity index is 507. The van der Waals surface area contributed by atoms with Gasteiger partial charge in [-0.2, -0.15) is 0 Å². The number of benzene rings is 1. The van der Waals surface area contributed by atoms with E-state index < -0.39 is 0 Å². The first-order valence-electron chi connectivity index (χ1n) is 8.43. The summed E-state index contributed by atoms with van der Waals surface area (Å²) in [5, 5.41) is 6.53. The lowest BCUT2D eigenvalue weighted by atomic mass is 10.2. The Morgan fingerprint density at radius 1 is 1.29 bits per heavy atom. The first kappa shape index (κ1) is 21.0. The molecule has 136 valence electrons. The molecule has 0 aromatic heterocycles. The van der Waals surface area contributed by atoms with Gasteiger partial charge in [0.2, 0.25) is 0 Å². The Kier molecular flexibility index (Phi) is 10.1. The van der Waals surface area contributed by atoms with Gasteiger partial charge in [0.25, 0.3) is 0 Å². The largest absolute Gasteiger partial charge is 0.489 e. The van der Waals surface area contributed by atoms with Crippen LogP contribution >= 0.6 is 24.0 Å². The van der Waals surface area contributed by atoms with Gasteiger partial charge in [-0.05, 0) is 44.2 Å². The summed E-state index contributed by atoms with van der Waals surface area (Å²) in [5.41, 5.74) is 1.15. The van der Waals surface area contributed by atoms with Crippen molar-refractivity contribution >= 4 is 29.9 Å². The Morgan fingerprint density at radius 2 is 2.04 bits per heavy atom. The average molecular weight is 447 g/mol. The van der Waals surface area contributed by atoms with Gasteiger partial charge in [-0.1, -0.05) is 18.2 Å². The summed E-state index contributed by atoms with van der Waals surface area (Å²) in [6, 6.07) is 8.06. The third kappa shape index (κ3) is 8.19. The van der Waals surface area contributed by atoms with E-state index in [1.807, 2.05) is 25.1 Å². The van der Waals surface area contributed by atoms with Crippen LogP contribution in [-0.2, 0) is 4.74 Å². The summed E-state index contributed by atoms with van der Waals surface area (Å²) in [6.45, 7) is 7.17. The normalized spacial score (nSPS) is 15.4. The van der Waals surface area contributed by atoms with Crippen molar-refractivity contribution in [2.75, 3.05) is 33.4 Å². The fraction of sp³-hybridized carbons (Fsp3) is 0.611. The van der Waals surface area contributed by atoms with Crippen LogP contribution in [0, 0.1) is 12.8 Å². The molecule has 2 rings (SSSR count). The Balaban J connectivity index is 0.00000288. The number of nitrogens with zero attached hydrogens (tertiary/aromatic N) is 1. The topological polar surface area (TPSA) is 54.9 Å². The average Bonchev–Trinajstić information content (AvgIpc) is 3.36. The molecule has 0 amide bonds. The zero-order valence-corrected chi connectivity index (χ0v) is 17.2. The van der Waals surface area contributed by atoms with Crippen molar-refractivity contribution in [2.45, 2.75) is 32.8 Å². The van der Waals surface area contributed by atoms with E-state index in [0.717, 1.165) is 36.3 Å². The molecule has 1 fully saturated rings. The molecule has 0 saturated heterocycles. The minimum atomic E-state index is 0. The van der Waals surface area contributed by atoms with E-state index in [-0.39, 0.29) is 30.1 Å². The summed E-state index contributed by atoms with van der Waals surface area (Å²) < 4.78 is 11.5. The van der Waals surface area contributed by atoms with Crippen LogP contribution in [0.4, 0.5) is 0 Å². The van der Waals surface area contributed by atoms with Crippen molar-refractivity contribution in [1.29, 1.82) is 0 Å². The van der Waals surface area contributed by atoms with Crippen molar-refractivity contribution < 1.29 is 9.47 Å². The van der Waals surface area contributed by atoms with Gasteiger partial charge in [0.05, 0.1) is 13.2 Å². The predicted molar refractivity (Wildman–Crippen MR) is 110 cm³/mol. The van der Waals surface area contributed by atoms with Crippen LogP contribution in [0.15, 0.2) is 29.3 Å². The number of nitrogens with one attached hydrogen (secondary N) is 2. The highest BCUT2D eigenvalue weighted by Gasteiger charge is 2.20. The first-order chi connectivity index (χ1) is 11.2. The van der Waals surface area contributed by atoms with Crippen LogP contribution in [0.25, 0.3) is 0 Å². The molecule has 0 heterocycles. The molecule has 2 N–H and O–H groups in total. The van der Waals surface area contributed by atoms with E-state index in [2.05, 4.69) is 28.6 Å². The highest BCUT2D eigenvalue weighted by molar-refractivity contribution is 14.0. The molecule has 5 nitrogen and oxygen atoms in total. The predicted octanol–water partition coefficient (Wildman–Crippen LogP) is 2.97. The maximum Gasteiger partial charge on any atom is 0.191 e. The van der Waals surface area contributed by atoms with Crippen LogP contribution in [-0.4, -0.2) is 45.4 Å². The van der Waals surface area contributed by atoms with Crippen LogP contribution in [0.5, 0.6) is 5.75 Å².